The fraction of sp³-hybridized carbons (Fsp3) is 0.789. The van der Waals surface area contributed by atoms with E-state index in [-0.39, 0.29) is 5.91 Å². The lowest BCUT2D eigenvalue weighted by atomic mass is 9.96. The molecule has 0 radical (unpaired) electrons. The molecular formula is C19H34N2O. The molecule has 1 unspecified atom stereocenters. The van der Waals surface area contributed by atoms with Crippen molar-refractivity contribution in [2.45, 2.75) is 90.4 Å². The molecule has 0 spiro atoms. The van der Waals surface area contributed by atoms with Crippen LogP contribution < -0.4 is 5.43 Å². The highest BCUT2D eigenvalue weighted by molar-refractivity contribution is 5.76. The number of hydrogen-bond acceptors (Lipinski definition) is 2. The Morgan fingerprint density at radius 3 is 2.41 bits per heavy atom. The zero-order valence-corrected chi connectivity index (χ0v) is 14.4. The Labute approximate surface area is 136 Å². The van der Waals surface area contributed by atoms with Gasteiger partial charge in [-0.15, -0.1) is 0 Å². The first-order valence-corrected chi connectivity index (χ1v) is 9.30. The van der Waals surface area contributed by atoms with Crippen LogP contribution in [0.1, 0.15) is 90.4 Å². The van der Waals surface area contributed by atoms with Crippen LogP contribution in [0.3, 0.4) is 0 Å². The Hall–Kier alpha value is -1.12. The first-order chi connectivity index (χ1) is 10.8. The Bertz CT molecular complexity index is 336. The summed E-state index contributed by atoms with van der Waals surface area (Å²) in [6.45, 7) is 2.25. The second kappa shape index (κ2) is 13.5. The SMILES string of the molecule is CCCCCCCCCCCC(=O)N/N=C/C1CC=CCC1. The van der Waals surface area contributed by atoms with E-state index in [1.807, 2.05) is 6.21 Å². The van der Waals surface area contributed by atoms with Crippen LogP contribution in [0.25, 0.3) is 0 Å². The molecule has 1 aliphatic rings. The van der Waals surface area contributed by atoms with Gasteiger partial charge in [0.2, 0.25) is 5.91 Å². The lowest BCUT2D eigenvalue weighted by molar-refractivity contribution is -0.121. The van der Waals surface area contributed by atoms with Crippen LogP contribution >= 0.6 is 0 Å². The Morgan fingerprint density at radius 1 is 1.09 bits per heavy atom. The summed E-state index contributed by atoms with van der Waals surface area (Å²) in [5, 5.41) is 4.09. The second-order valence-electron chi connectivity index (χ2n) is 6.44. The van der Waals surface area contributed by atoms with Crippen LogP contribution in [0.5, 0.6) is 0 Å². The molecule has 0 saturated heterocycles. The molecule has 22 heavy (non-hydrogen) atoms. The van der Waals surface area contributed by atoms with Gasteiger partial charge in [-0.3, -0.25) is 4.79 Å². The van der Waals surface area contributed by atoms with Gasteiger partial charge in [-0.25, -0.2) is 5.43 Å². The lowest BCUT2D eigenvalue weighted by Gasteiger charge is -2.11. The molecule has 0 bridgehead atoms. The molecule has 1 N–H and O–H groups in total. The fourth-order valence-corrected chi connectivity index (χ4v) is 2.82. The highest BCUT2D eigenvalue weighted by atomic mass is 16.2. The molecule has 1 atom stereocenters. The predicted octanol–water partition coefficient (Wildman–Crippen LogP) is 5.37. The van der Waals surface area contributed by atoms with Crippen molar-refractivity contribution in [2.24, 2.45) is 11.0 Å². The van der Waals surface area contributed by atoms with Crippen LogP contribution in [-0.4, -0.2) is 12.1 Å². The molecule has 126 valence electrons. The van der Waals surface area contributed by atoms with Gasteiger partial charge in [-0.2, -0.15) is 5.10 Å². The van der Waals surface area contributed by atoms with Gasteiger partial charge in [-0.1, -0.05) is 70.4 Å². The number of nitrogens with zero attached hydrogens (tertiary/aromatic N) is 1. The Morgan fingerprint density at radius 2 is 1.77 bits per heavy atom. The minimum atomic E-state index is 0.0607. The number of hydrazone groups is 1. The summed E-state index contributed by atoms with van der Waals surface area (Å²) in [5.41, 5.74) is 2.66. The van der Waals surface area contributed by atoms with Crippen molar-refractivity contribution >= 4 is 12.1 Å². The summed E-state index contributed by atoms with van der Waals surface area (Å²) >= 11 is 0. The molecule has 0 saturated carbocycles. The van der Waals surface area contributed by atoms with Crippen LogP contribution in [0.2, 0.25) is 0 Å². The van der Waals surface area contributed by atoms with E-state index in [0.29, 0.717) is 12.3 Å². The smallest absolute Gasteiger partial charge is 0.240 e. The molecule has 0 heterocycles. The Balaban J connectivity index is 1.88. The monoisotopic (exact) mass is 306 g/mol. The summed E-state index contributed by atoms with van der Waals surface area (Å²) in [6.07, 6.45) is 21.8. The summed E-state index contributed by atoms with van der Waals surface area (Å²) in [5.74, 6) is 0.559. The van der Waals surface area contributed by atoms with Gasteiger partial charge in [0.1, 0.15) is 0 Å². The number of rotatable bonds is 12. The predicted molar refractivity (Wildman–Crippen MR) is 95.0 cm³/mol. The number of allylic oxidation sites excluding steroid dienone is 2. The third-order valence-corrected chi connectivity index (χ3v) is 4.29. The number of nitrogens with one attached hydrogen (secondary N) is 1. The first-order valence-electron chi connectivity index (χ1n) is 9.30. The van der Waals surface area contributed by atoms with Gasteiger partial charge in [-0.05, 0) is 31.6 Å². The normalized spacial score (nSPS) is 18.0. The van der Waals surface area contributed by atoms with Crippen molar-refractivity contribution in [3.8, 4) is 0 Å². The zero-order valence-electron chi connectivity index (χ0n) is 14.4. The summed E-state index contributed by atoms with van der Waals surface area (Å²) in [6, 6.07) is 0. The highest BCUT2D eigenvalue weighted by Crippen LogP contribution is 2.15. The van der Waals surface area contributed by atoms with E-state index < -0.39 is 0 Å². The molecular weight excluding hydrogens is 272 g/mol. The number of amides is 1. The Kier molecular flexibility index (Phi) is 11.6. The summed E-state index contributed by atoms with van der Waals surface area (Å²) < 4.78 is 0. The van der Waals surface area contributed by atoms with Crippen molar-refractivity contribution in [3.05, 3.63) is 12.2 Å². The van der Waals surface area contributed by atoms with Gasteiger partial charge in [0, 0.05) is 12.6 Å². The zero-order chi connectivity index (χ0) is 15.9. The number of carbonyl (C=O) groups is 1. The van der Waals surface area contributed by atoms with Crippen LogP contribution in [0, 0.1) is 5.92 Å². The molecule has 0 fully saturated rings. The number of unbranched alkanes of at least 4 members (excludes halogenated alkanes) is 8. The maximum Gasteiger partial charge on any atom is 0.240 e. The molecule has 0 aliphatic heterocycles. The molecule has 3 heteroatoms. The standard InChI is InChI=1S/C19H34N2O/c1-2-3-4-5-6-7-8-9-13-16-19(22)21-20-17-18-14-11-10-12-15-18/h10-11,17-18H,2-9,12-16H2,1H3,(H,21,22)/b20-17+. The molecule has 1 rings (SSSR count). The fourth-order valence-electron chi connectivity index (χ4n) is 2.82. The molecule has 1 amide bonds. The second-order valence-corrected chi connectivity index (χ2v) is 6.44. The molecule has 0 aromatic heterocycles. The van der Waals surface area contributed by atoms with E-state index >= 15 is 0 Å². The van der Waals surface area contributed by atoms with Crippen LogP contribution in [0.4, 0.5) is 0 Å². The first kappa shape index (κ1) is 18.9. The summed E-state index contributed by atoms with van der Waals surface area (Å²) in [7, 11) is 0. The minimum Gasteiger partial charge on any atom is -0.273 e. The van der Waals surface area contributed by atoms with E-state index in [1.165, 1.54) is 51.4 Å². The van der Waals surface area contributed by atoms with Crippen LogP contribution in [0.15, 0.2) is 17.3 Å². The van der Waals surface area contributed by atoms with Crippen molar-refractivity contribution < 1.29 is 4.79 Å². The molecule has 0 aromatic carbocycles. The maximum atomic E-state index is 11.7. The van der Waals surface area contributed by atoms with Crippen molar-refractivity contribution in [1.29, 1.82) is 0 Å². The lowest BCUT2D eigenvalue weighted by Crippen LogP contribution is -2.18. The average Bonchev–Trinajstić information content (AvgIpc) is 2.54. The van der Waals surface area contributed by atoms with Crippen molar-refractivity contribution in [3.63, 3.8) is 0 Å². The third kappa shape index (κ3) is 10.6. The third-order valence-electron chi connectivity index (χ3n) is 4.29. The minimum absolute atomic E-state index is 0.0607. The highest BCUT2D eigenvalue weighted by Gasteiger charge is 2.06. The maximum absolute atomic E-state index is 11.7. The van der Waals surface area contributed by atoms with E-state index in [9.17, 15) is 4.79 Å². The van der Waals surface area contributed by atoms with Gasteiger partial charge in [0.05, 0.1) is 0 Å². The van der Waals surface area contributed by atoms with E-state index in [1.54, 1.807) is 0 Å². The van der Waals surface area contributed by atoms with E-state index in [0.717, 1.165) is 25.7 Å². The van der Waals surface area contributed by atoms with E-state index in [4.69, 9.17) is 0 Å². The molecule has 1 aliphatic carbocycles. The van der Waals surface area contributed by atoms with Crippen molar-refractivity contribution in [2.75, 3.05) is 0 Å². The van der Waals surface area contributed by atoms with Gasteiger partial charge in [0.25, 0.3) is 0 Å². The number of carbonyl (C=O) groups excluding carboxylic acids is 1. The number of hydrogen-bond donors (Lipinski definition) is 1. The quantitative estimate of drug-likeness (QED) is 0.224. The van der Waals surface area contributed by atoms with Gasteiger partial charge in [0.15, 0.2) is 0 Å². The average molecular weight is 306 g/mol. The summed E-state index contributed by atoms with van der Waals surface area (Å²) in [4.78, 5) is 11.7. The van der Waals surface area contributed by atoms with E-state index in [2.05, 4.69) is 29.6 Å². The van der Waals surface area contributed by atoms with Gasteiger partial charge < -0.3 is 0 Å². The van der Waals surface area contributed by atoms with Crippen LogP contribution in [-0.2, 0) is 4.79 Å². The van der Waals surface area contributed by atoms with Gasteiger partial charge >= 0.3 is 0 Å². The topological polar surface area (TPSA) is 41.5 Å². The molecule has 0 aromatic rings. The molecule has 3 nitrogen and oxygen atoms in total. The van der Waals surface area contributed by atoms with Crippen molar-refractivity contribution in [1.82, 2.24) is 5.43 Å². The largest absolute Gasteiger partial charge is 0.273 e.